The van der Waals surface area contributed by atoms with E-state index in [1.807, 2.05) is 18.2 Å². The van der Waals surface area contributed by atoms with E-state index in [2.05, 4.69) is 26.0 Å². The molecular formula is C13H18O. The second kappa shape index (κ2) is 4.41. The van der Waals surface area contributed by atoms with Gasteiger partial charge in [0.05, 0.1) is 0 Å². The van der Waals surface area contributed by atoms with Gasteiger partial charge in [-0.2, -0.15) is 0 Å². The highest BCUT2D eigenvalue weighted by Crippen LogP contribution is 2.30. The van der Waals surface area contributed by atoms with Crippen LogP contribution in [0.25, 0.3) is 0 Å². The van der Waals surface area contributed by atoms with E-state index in [-0.39, 0.29) is 11.2 Å². The lowest BCUT2D eigenvalue weighted by atomic mass is 9.76. The van der Waals surface area contributed by atoms with Crippen LogP contribution in [0.2, 0.25) is 0 Å². The number of benzene rings is 1. The van der Waals surface area contributed by atoms with Gasteiger partial charge in [0.1, 0.15) is 5.78 Å². The molecule has 1 rings (SSSR count). The van der Waals surface area contributed by atoms with Gasteiger partial charge in [0.2, 0.25) is 0 Å². The van der Waals surface area contributed by atoms with Crippen molar-refractivity contribution in [2.24, 2.45) is 0 Å². The van der Waals surface area contributed by atoms with Crippen LogP contribution >= 0.6 is 0 Å². The molecule has 0 bridgehead atoms. The van der Waals surface area contributed by atoms with Gasteiger partial charge in [0.25, 0.3) is 0 Å². The molecule has 76 valence electrons. The summed E-state index contributed by atoms with van der Waals surface area (Å²) in [6.07, 6.45) is 1.63. The van der Waals surface area contributed by atoms with Crippen molar-refractivity contribution in [2.45, 2.75) is 39.0 Å². The molecule has 0 spiro atoms. The number of hydrogen-bond donors (Lipinski definition) is 0. The number of hydrogen-bond acceptors (Lipinski definition) is 1. The van der Waals surface area contributed by atoms with Crippen LogP contribution in [0.15, 0.2) is 30.3 Å². The van der Waals surface area contributed by atoms with Crippen LogP contribution in [0.5, 0.6) is 0 Å². The SMILES string of the molecule is CC[C@@](C)(CC(C)=O)c1ccccc1. The quantitative estimate of drug-likeness (QED) is 0.711. The first-order valence-electron chi connectivity index (χ1n) is 5.13. The summed E-state index contributed by atoms with van der Waals surface area (Å²) in [5.41, 5.74) is 1.27. The van der Waals surface area contributed by atoms with Gasteiger partial charge in [-0.25, -0.2) is 0 Å². The number of carbonyl (C=O) groups excluding carboxylic acids is 1. The monoisotopic (exact) mass is 190 g/mol. The van der Waals surface area contributed by atoms with Crippen LogP contribution in [0.1, 0.15) is 39.2 Å². The Labute approximate surface area is 86.1 Å². The lowest BCUT2D eigenvalue weighted by molar-refractivity contribution is -0.118. The first-order chi connectivity index (χ1) is 6.58. The second-order valence-electron chi connectivity index (χ2n) is 4.16. The summed E-state index contributed by atoms with van der Waals surface area (Å²) < 4.78 is 0. The number of Topliss-reactive ketones (excluding diaryl/α,β-unsaturated/α-hetero) is 1. The summed E-state index contributed by atoms with van der Waals surface area (Å²) in [4.78, 5) is 11.2. The summed E-state index contributed by atoms with van der Waals surface area (Å²) in [5, 5.41) is 0. The Morgan fingerprint density at radius 1 is 1.29 bits per heavy atom. The third kappa shape index (κ3) is 2.44. The zero-order valence-electron chi connectivity index (χ0n) is 9.21. The maximum atomic E-state index is 11.2. The van der Waals surface area contributed by atoms with Crippen molar-refractivity contribution < 1.29 is 4.79 Å². The molecule has 0 aliphatic rings. The van der Waals surface area contributed by atoms with E-state index >= 15 is 0 Å². The van der Waals surface area contributed by atoms with Crippen molar-refractivity contribution >= 4 is 5.78 Å². The summed E-state index contributed by atoms with van der Waals surface area (Å²) in [7, 11) is 0. The standard InChI is InChI=1S/C13H18O/c1-4-13(3,10-11(2)14)12-8-6-5-7-9-12/h5-9H,4,10H2,1-3H3/t13-/m0/s1. The third-order valence-electron chi connectivity index (χ3n) is 2.89. The maximum Gasteiger partial charge on any atom is 0.130 e. The first kappa shape index (κ1) is 11.0. The molecule has 0 amide bonds. The summed E-state index contributed by atoms with van der Waals surface area (Å²) in [5.74, 6) is 0.262. The van der Waals surface area contributed by atoms with Crippen molar-refractivity contribution in [1.29, 1.82) is 0 Å². The van der Waals surface area contributed by atoms with Crippen LogP contribution in [-0.2, 0) is 10.2 Å². The fourth-order valence-electron chi connectivity index (χ4n) is 1.82. The molecule has 1 heteroatoms. The van der Waals surface area contributed by atoms with Crippen LogP contribution in [0.3, 0.4) is 0 Å². The van der Waals surface area contributed by atoms with E-state index in [4.69, 9.17) is 0 Å². The molecule has 1 nitrogen and oxygen atoms in total. The second-order valence-corrected chi connectivity index (χ2v) is 4.16. The van der Waals surface area contributed by atoms with Gasteiger partial charge in [-0.1, -0.05) is 44.2 Å². The molecular weight excluding hydrogens is 172 g/mol. The average Bonchev–Trinajstić information content (AvgIpc) is 2.18. The molecule has 0 radical (unpaired) electrons. The summed E-state index contributed by atoms with van der Waals surface area (Å²) >= 11 is 0. The van der Waals surface area contributed by atoms with Gasteiger partial charge >= 0.3 is 0 Å². The van der Waals surface area contributed by atoms with Gasteiger partial charge in [0.15, 0.2) is 0 Å². The molecule has 0 unspecified atom stereocenters. The van der Waals surface area contributed by atoms with Gasteiger partial charge in [-0.15, -0.1) is 0 Å². The number of ketones is 1. The van der Waals surface area contributed by atoms with E-state index in [0.717, 1.165) is 6.42 Å². The van der Waals surface area contributed by atoms with Gasteiger partial charge in [-0.3, -0.25) is 4.79 Å². The Hall–Kier alpha value is -1.11. The van der Waals surface area contributed by atoms with E-state index in [1.54, 1.807) is 6.92 Å². The Bertz CT molecular complexity index is 302. The smallest absolute Gasteiger partial charge is 0.130 e. The first-order valence-corrected chi connectivity index (χ1v) is 5.13. The minimum Gasteiger partial charge on any atom is -0.300 e. The van der Waals surface area contributed by atoms with Crippen LogP contribution < -0.4 is 0 Å². The summed E-state index contributed by atoms with van der Waals surface area (Å²) in [6.45, 7) is 5.95. The molecule has 0 fully saturated rings. The molecule has 0 aliphatic carbocycles. The minimum absolute atomic E-state index is 0.00704. The predicted molar refractivity (Wildman–Crippen MR) is 59.4 cm³/mol. The van der Waals surface area contributed by atoms with Gasteiger partial charge in [-0.05, 0) is 24.3 Å². The van der Waals surface area contributed by atoms with Crippen LogP contribution in [0, 0.1) is 0 Å². The Morgan fingerprint density at radius 3 is 2.29 bits per heavy atom. The third-order valence-corrected chi connectivity index (χ3v) is 2.89. The van der Waals surface area contributed by atoms with E-state index < -0.39 is 0 Å². The van der Waals surface area contributed by atoms with Crippen LogP contribution in [-0.4, -0.2) is 5.78 Å². The van der Waals surface area contributed by atoms with E-state index in [1.165, 1.54) is 5.56 Å². The molecule has 1 atom stereocenters. The fourth-order valence-corrected chi connectivity index (χ4v) is 1.82. The van der Waals surface area contributed by atoms with Crippen molar-refractivity contribution in [2.75, 3.05) is 0 Å². The molecule has 0 aliphatic heterocycles. The van der Waals surface area contributed by atoms with Gasteiger partial charge < -0.3 is 0 Å². The highest BCUT2D eigenvalue weighted by molar-refractivity contribution is 5.77. The molecule has 1 aromatic carbocycles. The molecule has 0 heterocycles. The number of rotatable bonds is 4. The van der Waals surface area contributed by atoms with Crippen molar-refractivity contribution in [1.82, 2.24) is 0 Å². The average molecular weight is 190 g/mol. The highest BCUT2D eigenvalue weighted by Gasteiger charge is 2.25. The largest absolute Gasteiger partial charge is 0.300 e. The topological polar surface area (TPSA) is 17.1 Å². The molecule has 0 aromatic heterocycles. The number of carbonyl (C=O) groups is 1. The van der Waals surface area contributed by atoms with Gasteiger partial charge in [0, 0.05) is 6.42 Å². The Morgan fingerprint density at radius 2 is 1.86 bits per heavy atom. The minimum atomic E-state index is 0.00704. The van der Waals surface area contributed by atoms with Crippen molar-refractivity contribution in [3.8, 4) is 0 Å². The zero-order chi connectivity index (χ0) is 10.6. The Kier molecular flexibility index (Phi) is 3.45. The van der Waals surface area contributed by atoms with Crippen molar-refractivity contribution in [3.05, 3.63) is 35.9 Å². The molecule has 0 N–H and O–H groups in total. The Balaban J connectivity index is 2.95. The molecule has 0 saturated carbocycles. The van der Waals surface area contributed by atoms with Crippen LogP contribution in [0.4, 0.5) is 0 Å². The highest BCUT2D eigenvalue weighted by atomic mass is 16.1. The maximum absolute atomic E-state index is 11.2. The molecule has 0 saturated heterocycles. The lowest BCUT2D eigenvalue weighted by Gasteiger charge is -2.27. The van der Waals surface area contributed by atoms with Crippen molar-refractivity contribution in [3.63, 3.8) is 0 Å². The molecule has 14 heavy (non-hydrogen) atoms. The lowest BCUT2D eigenvalue weighted by Crippen LogP contribution is -2.23. The normalized spacial score (nSPS) is 14.8. The molecule has 1 aromatic rings. The van der Waals surface area contributed by atoms with E-state index in [0.29, 0.717) is 6.42 Å². The zero-order valence-corrected chi connectivity index (χ0v) is 9.21. The van der Waals surface area contributed by atoms with E-state index in [9.17, 15) is 4.79 Å². The summed E-state index contributed by atoms with van der Waals surface area (Å²) in [6, 6.07) is 10.3. The predicted octanol–water partition coefficient (Wildman–Crippen LogP) is 3.33. The fraction of sp³-hybridized carbons (Fsp3) is 0.462.